The van der Waals surface area contributed by atoms with Crippen LogP contribution >= 0.6 is 0 Å². The van der Waals surface area contributed by atoms with Crippen LogP contribution in [0.4, 0.5) is 17.6 Å². The van der Waals surface area contributed by atoms with Crippen molar-refractivity contribution in [3.63, 3.8) is 0 Å². The number of alkyl halides is 3. The Morgan fingerprint density at radius 2 is 1.78 bits per heavy atom. The highest BCUT2D eigenvalue weighted by molar-refractivity contribution is 7.88. The molecular weight excluding hydrogens is 618 g/mol. The van der Waals surface area contributed by atoms with Gasteiger partial charge in [-0.15, -0.1) is 0 Å². The molecule has 1 saturated heterocycles. The number of nitrogens with zero attached hydrogens (tertiary/aromatic N) is 1. The second-order valence-electron chi connectivity index (χ2n) is 11.5. The summed E-state index contributed by atoms with van der Waals surface area (Å²) in [5.41, 5.74) is 0.194. The number of carbonyl (C=O) groups is 1. The zero-order valence-corrected chi connectivity index (χ0v) is 25.3. The summed E-state index contributed by atoms with van der Waals surface area (Å²) in [5, 5.41) is 0. The molecule has 0 bridgehead atoms. The maximum Gasteiger partial charge on any atom is 0.417 e. The fourth-order valence-electron chi connectivity index (χ4n) is 6.35. The molecule has 0 N–H and O–H groups in total. The Morgan fingerprint density at radius 1 is 1.04 bits per heavy atom. The molecule has 0 amide bonds. The van der Waals surface area contributed by atoms with Gasteiger partial charge in [-0.1, -0.05) is 18.2 Å². The number of ether oxygens (including phenoxy) is 4. The lowest BCUT2D eigenvalue weighted by Gasteiger charge is -2.21. The van der Waals surface area contributed by atoms with E-state index < -0.39 is 33.7 Å². The fourth-order valence-corrected chi connectivity index (χ4v) is 7.23. The summed E-state index contributed by atoms with van der Waals surface area (Å²) >= 11 is 0. The maximum absolute atomic E-state index is 15.4. The predicted molar refractivity (Wildman–Crippen MR) is 155 cm³/mol. The largest absolute Gasteiger partial charge is 0.492 e. The molecule has 3 aliphatic rings. The van der Waals surface area contributed by atoms with Gasteiger partial charge in [-0.25, -0.2) is 12.8 Å². The van der Waals surface area contributed by atoms with E-state index in [1.54, 1.807) is 18.2 Å². The molecule has 6 rings (SSSR count). The van der Waals surface area contributed by atoms with Crippen molar-refractivity contribution in [2.24, 2.45) is 0 Å². The molecule has 0 spiro atoms. The summed E-state index contributed by atoms with van der Waals surface area (Å²) in [6.45, 7) is 0.813. The number of fused-ring (bicyclic) bond motifs is 2. The molecule has 0 aromatic heterocycles. The molecule has 3 aromatic carbocycles. The zero-order valence-electron chi connectivity index (χ0n) is 24.5. The molecule has 0 radical (unpaired) electrons. The van der Waals surface area contributed by atoms with E-state index in [0.29, 0.717) is 42.9 Å². The molecule has 240 valence electrons. The molecule has 1 aliphatic carbocycles. The van der Waals surface area contributed by atoms with Crippen LogP contribution in [0.25, 0.3) is 11.1 Å². The van der Waals surface area contributed by atoms with Crippen LogP contribution in [0.5, 0.6) is 17.2 Å². The summed E-state index contributed by atoms with van der Waals surface area (Å²) in [4.78, 5) is 11.7. The van der Waals surface area contributed by atoms with Gasteiger partial charge >= 0.3 is 12.1 Å². The quantitative estimate of drug-likeness (QED) is 0.218. The average Bonchev–Trinajstić information content (AvgIpc) is 3.72. The zero-order chi connectivity index (χ0) is 32.1. The van der Waals surface area contributed by atoms with Crippen molar-refractivity contribution in [3.05, 3.63) is 76.6 Å². The normalized spacial score (nSPS) is 21.2. The van der Waals surface area contributed by atoms with Gasteiger partial charge in [0, 0.05) is 29.7 Å². The standard InChI is InChI=1S/C32H31F4NO7S/c1-41-29(38)13-19-17-42-28-14-21(7-8-23(19)28)44-27-10-9-24-30(25(32(34,35)36)15-26(33)31(24)27)18-3-5-20(6-4-18)43-22-11-12-37(16-22)45(2,39)40/h3-8,14-15,19,22,27H,9-13,16-17H2,1-2H3/t19-,22+,27-/m1/s1. The first kappa shape index (κ1) is 31.2. The number of halogens is 4. The Labute approximate surface area is 257 Å². The van der Waals surface area contributed by atoms with Crippen LogP contribution in [0.1, 0.15) is 53.5 Å². The Kier molecular flexibility index (Phi) is 8.19. The van der Waals surface area contributed by atoms with Gasteiger partial charge in [-0.05, 0) is 60.2 Å². The van der Waals surface area contributed by atoms with Crippen molar-refractivity contribution in [3.8, 4) is 28.4 Å². The minimum absolute atomic E-state index is 0.0788. The third-order valence-corrected chi connectivity index (χ3v) is 9.78. The lowest BCUT2D eigenvalue weighted by atomic mass is 9.91. The van der Waals surface area contributed by atoms with Gasteiger partial charge in [0.25, 0.3) is 0 Å². The number of hydrogen-bond acceptors (Lipinski definition) is 7. The fraction of sp³-hybridized carbons (Fsp3) is 0.406. The van der Waals surface area contributed by atoms with Crippen molar-refractivity contribution < 1.29 is 49.7 Å². The van der Waals surface area contributed by atoms with Crippen molar-refractivity contribution in [2.75, 3.05) is 33.1 Å². The molecule has 3 atom stereocenters. The van der Waals surface area contributed by atoms with E-state index in [9.17, 15) is 26.4 Å². The molecule has 0 unspecified atom stereocenters. The van der Waals surface area contributed by atoms with Gasteiger partial charge in [0.2, 0.25) is 10.0 Å². The van der Waals surface area contributed by atoms with Crippen LogP contribution in [0, 0.1) is 5.82 Å². The Balaban J connectivity index is 1.26. The summed E-state index contributed by atoms with van der Waals surface area (Å²) in [6, 6.07) is 11.7. The summed E-state index contributed by atoms with van der Waals surface area (Å²) in [5.74, 6) is -0.241. The molecule has 3 aromatic rings. The highest BCUT2D eigenvalue weighted by atomic mass is 32.2. The van der Waals surface area contributed by atoms with Crippen molar-refractivity contribution in [1.82, 2.24) is 4.31 Å². The molecule has 8 nitrogen and oxygen atoms in total. The van der Waals surface area contributed by atoms with E-state index >= 15 is 4.39 Å². The highest BCUT2D eigenvalue weighted by Gasteiger charge is 2.40. The lowest BCUT2D eigenvalue weighted by molar-refractivity contribution is -0.141. The topological polar surface area (TPSA) is 91.4 Å². The number of benzene rings is 3. The summed E-state index contributed by atoms with van der Waals surface area (Å²) < 4.78 is 106. The lowest BCUT2D eigenvalue weighted by Crippen LogP contribution is -2.29. The van der Waals surface area contributed by atoms with Gasteiger partial charge in [-0.2, -0.15) is 17.5 Å². The van der Waals surface area contributed by atoms with E-state index in [-0.39, 0.29) is 66.1 Å². The van der Waals surface area contributed by atoms with Crippen LogP contribution in [0.2, 0.25) is 0 Å². The van der Waals surface area contributed by atoms with E-state index in [4.69, 9.17) is 18.9 Å². The van der Waals surface area contributed by atoms with Crippen molar-refractivity contribution in [1.29, 1.82) is 0 Å². The minimum atomic E-state index is -4.81. The summed E-state index contributed by atoms with van der Waals surface area (Å²) in [7, 11) is -2.03. The number of rotatable bonds is 8. The van der Waals surface area contributed by atoms with Gasteiger partial charge < -0.3 is 18.9 Å². The Hall–Kier alpha value is -3.84. The van der Waals surface area contributed by atoms with Crippen LogP contribution in [0.15, 0.2) is 48.5 Å². The Morgan fingerprint density at radius 3 is 2.44 bits per heavy atom. The smallest absolute Gasteiger partial charge is 0.417 e. The van der Waals surface area contributed by atoms with Gasteiger partial charge in [-0.3, -0.25) is 4.79 Å². The third kappa shape index (κ3) is 6.32. The van der Waals surface area contributed by atoms with Crippen LogP contribution in [0.3, 0.4) is 0 Å². The minimum Gasteiger partial charge on any atom is -0.492 e. The van der Waals surface area contributed by atoms with Crippen molar-refractivity contribution >= 4 is 16.0 Å². The van der Waals surface area contributed by atoms with Crippen LogP contribution < -0.4 is 14.2 Å². The van der Waals surface area contributed by atoms with E-state index in [2.05, 4.69) is 0 Å². The molecular formula is C32H31F4NO7S. The first-order chi connectivity index (χ1) is 21.3. The van der Waals surface area contributed by atoms with Crippen LogP contribution in [-0.2, 0) is 32.2 Å². The third-order valence-electron chi connectivity index (χ3n) is 8.51. The van der Waals surface area contributed by atoms with Crippen molar-refractivity contribution in [2.45, 2.75) is 50.0 Å². The first-order valence-corrected chi connectivity index (χ1v) is 16.3. The number of methoxy groups -OCH3 is 1. The summed E-state index contributed by atoms with van der Waals surface area (Å²) in [6.07, 6.45) is -3.81. The van der Waals surface area contributed by atoms with Gasteiger partial charge in [0.1, 0.15) is 35.3 Å². The SMILES string of the molecule is COC(=O)C[C@@H]1COc2cc(O[C@@H]3CCc4c(-c5ccc(O[C@H]6CCN(S(C)(=O)=O)C6)cc5)c(C(F)(F)F)cc(F)c43)ccc21. The Bertz CT molecular complexity index is 1730. The molecule has 0 saturated carbocycles. The first-order valence-electron chi connectivity index (χ1n) is 14.5. The molecule has 45 heavy (non-hydrogen) atoms. The highest BCUT2D eigenvalue weighted by Crippen LogP contribution is 2.48. The maximum atomic E-state index is 15.4. The second-order valence-corrected chi connectivity index (χ2v) is 13.5. The average molecular weight is 650 g/mol. The monoisotopic (exact) mass is 649 g/mol. The van der Waals surface area contributed by atoms with E-state index in [1.807, 2.05) is 0 Å². The predicted octanol–water partition coefficient (Wildman–Crippen LogP) is 6.03. The molecule has 1 fully saturated rings. The number of esters is 1. The number of hydrogen-bond donors (Lipinski definition) is 0. The van der Waals surface area contributed by atoms with E-state index in [0.717, 1.165) is 11.8 Å². The number of carbonyl (C=O) groups excluding carboxylic acids is 1. The van der Waals surface area contributed by atoms with E-state index in [1.165, 1.54) is 35.7 Å². The van der Waals surface area contributed by atoms with Gasteiger partial charge in [0.05, 0.1) is 38.5 Å². The molecule has 2 aliphatic heterocycles. The van der Waals surface area contributed by atoms with Crippen LogP contribution in [-0.4, -0.2) is 57.9 Å². The van der Waals surface area contributed by atoms with Gasteiger partial charge in [0.15, 0.2) is 0 Å². The number of sulfonamides is 1. The molecule has 2 heterocycles. The second kappa shape index (κ2) is 11.8. The molecule has 13 heteroatoms.